The lowest BCUT2D eigenvalue weighted by molar-refractivity contribution is 0.0948. The molecule has 0 saturated carbocycles. The van der Waals surface area contributed by atoms with Gasteiger partial charge >= 0.3 is 0 Å². The van der Waals surface area contributed by atoms with Gasteiger partial charge in [-0.15, -0.1) is 11.3 Å². The van der Waals surface area contributed by atoms with Gasteiger partial charge in [-0.05, 0) is 37.8 Å². The van der Waals surface area contributed by atoms with Crippen molar-refractivity contribution in [1.82, 2.24) is 21.1 Å². The molecule has 17 heavy (non-hydrogen) atoms. The quantitative estimate of drug-likeness (QED) is 0.548. The van der Waals surface area contributed by atoms with Gasteiger partial charge in [-0.1, -0.05) is 6.07 Å². The van der Waals surface area contributed by atoms with E-state index in [0.717, 1.165) is 13.1 Å². The smallest absolute Gasteiger partial charge is 0.279 e. The maximum absolute atomic E-state index is 11.5. The Hall–Kier alpha value is -1.18. The Kier molecular flexibility index (Phi) is 5.88. The molecule has 1 amide bonds. The lowest BCUT2D eigenvalue weighted by Crippen LogP contribution is -2.47. The summed E-state index contributed by atoms with van der Waals surface area (Å²) < 4.78 is 0. The minimum atomic E-state index is -0.184. The standard InChI is InChI=1S/C10H16N4OS2/c1-14(2)6-5-11-10(16)13-12-9(15)8-4-3-7-17-8/h3-4,7H,5-6H2,1-2H3,(H,12,15)(H2,11,13,16). The van der Waals surface area contributed by atoms with E-state index in [1.165, 1.54) is 11.3 Å². The molecule has 0 saturated heterocycles. The Morgan fingerprint density at radius 1 is 1.47 bits per heavy atom. The summed E-state index contributed by atoms with van der Waals surface area (Å²) in [4.78, 5) is 14.2. The number of thiophene rings is 1. The Morgan fingerprint density at radius 3 is 2.82 bits per heavy atom. The van der Waals surface area contributed by atoms with Crippen molar-refractivity contribution in [3.63, 3.8) is 0 Å². The molecule has 1 heterocycles. The zero-order chi connectivity index (χ0) is 12.7. The molecular weight excluding hydrogens is 256 g/mol. The van der Waals surface area contributed by atoms with Crippen LogP contribution in [0.5, 0.6) is 0 Å². The molecule has 0 aromatic carbocycles. The van der Waals surface area contributed by atoms with Crippen molar-refractivity contribution in [2.75, 3.05) is 27.2 Å². The van der Waals surface area contributed by atoms with Crippen LogP contribution in [0.15, 0.2) is 17.5 Å². The van der Waals surface area contributed by atoms with Gasteiger partial charge in [0, 0.05) is 13.1 Å². The third-order valence-corrected chi connectivity index (χ3v) is 2.99. The molecule has 0 bridgehead atoms. The summed E-state index contributed by atoms with van der Waals surface area (Å²) in [7, 11) is 3.97. The molecule has 0 fully saturated rings. The molecule has 3 N–H and O–H groups in total. The first-order chi connectivity index (χ1) is 8.09. The van der Waals surface area contributed by atoms with Crippen LogP contribution in [0.3, 0.4) is 0 Å². The Balaban J connectivity index is 2.18. The van der Waals surface area contributed by atoms with E-state index in [4.69, 9.17) is 12.2 Å². The summed E-state index contributed by atoms with van der Waals surface area (Å²) in [5.74, 6) is -0.184. The van der Waals surface area contributed by atoms with E-state index in [1.807, 2.05) is 30.4 Å². The van der Waals surface area contributed by atoms with Crippen molar-refractivity contribution in [1.29, 1.82) is 0 Å². The van der Waals surface area contributed by atoms with Gasteiger partial charge in [-0.2, -0.15) is 0 Å². The van der Waals surface area contributed by atoms with E-state index >= 15 is 0 Å². The van der Waals surface area contributed by atoms with Gasteiger partial charge in [0.15, 0.2) is 5.11 Å². The largest absolute Gasteiger partial charge is 0.360 e. The number of likely N-dealkylation sites (N-methyl/N-ethyl adjacent to an activating group) is 1. The molecule has 1 aromatic heterocycles. The molecule has 7 heteroatoms. The number of hydrogen-bond acceptors (Lipinski definition) is 4. The molecular formula is C10H16N4OS2. The van der Waals surface area contributed by atoms with Crippen LogP contribution < -0.4 is 16.2 Å². The van der Waals surface area contributed by atoms with E-state index in [0.29, 0.717) is 9.99 Å². The van der Waals surface area contributed by atoms with Crippen LogP contribution >= 0.6 is 23.6 Å². The maximum Gasteiger partial charge on any atom is 0.279 e. The summed E-state index contributed by atoms with van der Waals surface area (Å²) in [6.07, 6.45) is 0. The minimum absolute atomic E-state index is 0.184. The highest BCUT2D eigenvalue weighted by Gasteiger charge is 2.05. The maximum atomic E-state index is 11.5. The van der Waals surface area contributed by atoms with Crippen LogP contribution in [-0.2, 0) is 0 Å². The van der Waals surface area contributed by atoms with E-state index in [1.54, 1.807) is 6.07 Å². The Labute approximate surface area is 110 Å². The summed E-state index contributed by atoms with van der Waals surface area (Å²) in [6, 6.07) is 3.58. The average Bonchev–Trinajstić information content (AvgIpc) is 2.78. The van der Waals surface area contributed by atoms with E-state index in [9.17, 15) is 4.79 Å². The molecule has 5 nitrogen and oxygen atoms in total. The van der Waals surface area contributed by atoms with Crippen molar-refractivity contribution in [2.24, 2.45) is 0 Å². The number of carbonyl (C=O) groups excluding carboxylic acids is 1. The zero-order valence-corrected chi connectivity index (χ0v) is 11.5. The van der Waals surface area contributed by atoms with Crippen LogP contribution in [-0.4, -0.2) is 43.1 Å². The third kappa shape index (κ3) is 5.62. The molecule has 0 aliphatic carbocycles. The second-order valence-corrected chi connectivity index (χ2v) is 4.97. The van der Waals surface area contributed by atoms with Gasteiger partial charge in [0.25, 0.3) is 5.91 Å². The SMILES string of the molecule is CN(C)CCNC(=S)NNC(=O)c1cccs1. The summed E-state index contributed by atoms with van der Waals surface area (Å²) in [5, 5.41) is 5.25. The first-order valence-electron chi connectivity index (χ1n) is 5.12. The number of nitrogens with zero attached hydrogens (tertiary/aromatic N) is 1. The third-order valence-electron chi connectivity index (χ3n) is 1.88. The van der Waals surface area contributed by atoms with Crippen LogP contribution in [0.2, 0.25) is 0 Å². The van der Waals surface area contributed by atoms with Gasteiger partial charge in [0.2, 0.25) is 0 Å². The molecule has 0 spiro atoms. The molecule has 0 radical (unpaired) electrons. The van der Waals surface area contributed by atoms with Gasteiger partial charge in [-0.25, -0.2) is 0 Å². The van der Waals surface area contributed by atoms with Crippen LogP contribution in [0.1, 0.15) is 9.67 Å². The number of amides is 1. The molecule has 0 unspecified atom stereocenters. The van der Waals surface area contributed by atoms with E-state index in [2.05, 4.69) is 16.2 Å². The molecule has 94 valence electrons. The van der Waals surface area contributed by atoms with E-state index in [-0.39, 0.29) is 5.91 Å². The second-order valence-electron chi connectivity index (χ2n) is 3.62. The predicted octanol–water partition coefficient (Wildman–Crippen LogP) is 0.419. The fourth-order valence-electron chi connectivity index (χ4n) is 1.02. The first kappa shape index (κ1) is 13.9. The molecule has 1 aromatic rings. The summed E-state index contributed by atoms with van der Waals surface area (Å²) in [5.41, 5.74) is 5.18. The topological polar surface area (TPSA) is 56.4 Å². The van der Waals surface area contributed by atoms with Crippen LogP contribution in [0, 0.1) is 0 Å². The van der Waals surface area contributed by atoms with Crippen molar-refractivity contribution in [2.45, 2.75) is 0 Å². The number of hydrazine groups is 1. The van der Waals surface area contributed by atoms with Gasteiger partial charge in [0.05, 0.1) is 4.88 Å². The van der Waals surface area contributed by atoms with Gasteiger partial charge in [-0.3, -0.25) is 15.6 Å². The Bertz CT molecular complexity index is 364. The predicted molar refractivity (Wildman–Crippen MR) is 74.1 cm³/mol. The summed E-state index contributed by atoms with van der Waals surface area (Å²) >= 11 is 6.38. The van der Waals surface area contributed by atoms with Gasteiger partial charge < -0.3 is 10.2 Å². The average molecular weight is 272 g/mol. The monoisotopic (exact) mass is 272 g/mol. The van der Waals surface area contributed by atoms with Crippen LogP contribution in [0.4, 0.5) is 0 Å². The summed E-state index contributed by atoms with van der Waals surface area (Å²) in [6.45, 7) is 1.61. The number of rotatable bonds is 4. The van der Waals surface area contributed by atoms with Crippen molar-refractivity contribution in [3.8, 4) is 0 Å². The highest BCUT2D eigenvalue weighted by atomic mass is 32.1. The van der Waals surface area contributed by atoms with Crippen LogP contribution in [0.25, 0.3) is 0 Å². The number of carbonyl (C=O) groups is 1. The zero-order valence-electron chi connectivity index (χ0n) is 9.82. The molecule has 0 aliphatic rings. The number of nitrogens with one attached hydrogen (secondary N) is 3. The number of hydrogen-bond donors (Lipinski definition) is 3. The molecule has 0 aliphatic heterocycles. The van der Waals surface area contributed by atoms with Gasteiger partial charge in [0.1, 0.15) is 0 Å². The van der Waals surface area contributed by atoms with Crippen molar-refractivity contribution >= 4 is 34.6 Å². The fourth-order valence-corrected chi connectivity index (χ4v) is 1.79. The second kappa shape index (κ2) is 7.21. The normalized spacial score (nSPS) is 10.1. The fraction of sp³-hybridized carbons (Fsp3) is 0.400. The highest BCUT2D eigenvalue weighted by Crippen LogP contribution is 2.06. The molecule has 0 atom stereocenters. The Morgan fingerprint density at radius 2 is 2.24 bits per heavy atom. The first-order valence-corrected chi connectivity index (χ1v) is 6.41. The lowest BCUT2D eigenvalue weighted by Gasteiger charge is -2.13. The highest BCUT2D eigenvalue weighted by molar-refractivity contribution is 7.80. The number of thiocarbonyl (C=S) groups is 1. The lowest BCUT2D eigenvalue weighted by atomic mass is 10.4. The molecule has 1 rings (SSSR count). The van der Waals surface area contributed by atoms with Crippen molar-refractivity contribution in [3.05, 3.63) is 22.4 Å². The van der Waals surface area contributed by atoms with E-state index < -0.39 is 0 Å². The van der Waals surface area contributed by atoms with Crippen molar-refractivity contribution < 1.29 is 4.79 Å². The minimum Gasteiger partial charge on any atom is -0.360 e.